The number of hydrogen-bond donors (Lipinski definition) is 0. The van der Waals surface area contributed by atoms with E-state index in [1.807, 2.05) is 12.3 Å². The molecular weight excluding hydrogens is 352 g/mol. The highest BCUT2D eigenvalue weighted by Crippen LogP contribution is 2.18. The first kappa shape index (κ1) is 19.1. The van der Waals surface area contributed by atoms with Crippen LogP contribution in [0, 0.1) is 0 Å². The van der Waals surface area contributed by atoms with E-state index in [9.17, 15) is 4.79 Å². The average molecular weight is 383 g/mol. The van der Waals surface area contributed by atoms with E-state index in [1.54, 1.807) is 10.7 Å². The average Bonchev–Trinajstić information content (AvgIpc) is 2.72. The van der Waals surface area contributed by atoms with Gasteiger partial charge in [0.25, 0.3) is 5.56 Å². The Hall–Kier alpha value is -2.28. The maximum absolute atomic E-state index is 12.3. The number of rotatable bonds is 5. The largest absolute Gasteiger partial charge is 0.354 e. The zero-order chi connectivity index (χ0) is 19.5. The van der Waals surface area contributed by atoms with Gasteiger partial charge in [0.2, 0.25) is 0 Å². The van der Waals surface area contributed by atoms with Gasteiger partial charge in [-0.2, -0.15) is 5.10 Å². The van der Waals surface area contributed by atoms with Gasteiger partial charge in [-0.1, -0.05) is 13.8 Å². The van der Waals surface area contributed by atoms with E-state index in [-0.39, 0.29) is 5.56 Å². The number of hydrogen-bond acceptors (Lipinski definition) is 6. The highest BCUT2D eigenvalue weighted by atomic mass is 16.1. The molecule has 0 bridgehead atoms. The van der Waals surface area contributed by atoms with Gasteiger partial charge >= 0.3 is 0 Å². The van der Waals surface area contributed by atoms with E-state index >= 15 is 0 Å². The van der Waals surface area contributed by atoms with Gasteiger partial charge in [-0.15, -0.1) is 0 Å². The van der Waals surface area contributed by atoms with Crippen molar-refractivity contribution in [2.24, 2.45) is 0 Å². The summed E-state index contributed by atoms with van der Waals surface area (Å²) in [5.74, 6) is 2.26. The van der Waals surface area contributed by atoms with Crippen molar-refractivity contribution in [1.82, 2.24) is 24.6 Å². The Balaban J connectivity index is 1.33. The summed E-state index contributed by atoms with van der Waals surface area (Å²) in [5, 5.41) is 4.64. The van der Waals surface area contributed by atoms with E-state index in [1.165, 1.54) is 12.8 Å². The number of aryl methyl sites for hydroxylation is 2. The van der Waals surface area contributed by atoms with E-state index in [4.69, 9.17) is 4.98 Å². The van der Waals surface area contributed by atoms with Gasteiger partial charge < -0.3 is 4.90 Å². The molecule has 0 radical (unpaired) electrons. The minimum absolute atomic E-state index is 0.0430. The summed E-state index contributed by atoms with van der Waals surface area (Å²) >= 11 is 0. The lowest BCUT2D eigenvalue weighted by atomic mass is 9.97. The lowest BCUT2D eigenvalue weighted by Gasteiger charge is -2.35. The molecule has 0 spiro atoms. The van der Waals surface area contributed by atoms with E-state index in [2.05, 4.69) is 33.7 Å². The summed E-state index contributed by atoms with van der Waals surface area (Å²) < 4.78 is 1.66. The minimum atomic E-state index is 0.0430. The first-order chi connectivity index (χ1) is 13.6. The Bertz CT molecular complexity index is 869. The Kier molecular flexibility index (Phi) is 5.71. The van der Waals surface area contributed by atoms with E-state index in [0.29, 0.717) is 12.5 Å². The van der Waals surface area contributed by atoms with E-state index in [0.717, 1.165) is 68.5 Å². The predicted molar refractivity (Wildman–Crippen MR) is 110 cm³/mol. The molecular formula is C21H30N6O. The fourth-order valence-corrected chi connectivity index (χ4v) is 4.02. The van der Waals surface area contributed by atoms with Crippen LogP contribution < -0.4 is 10.5 Å². The van der Waals surface area contributed by atoms with Crippen LogP contribution in [0.2, 0.25) is 0 Å². The van der Waals surface area contributed by atoms with Crippen molar-refractivity contribution in [3.8, 4) is 0 Å². The molecule has 4 rings (SSSR count). The van der Waals surface area contributed by atoms with Crippen LogP contribution in [-0.2, 0) is 19.4 Å². The third kappa shape index (κ3) is 4.24. The Morgan fingerprint density at radius 1 is 1.07 bits per heavy atom. The van der Waals surface area contributed by atoms with Crippen LogP contribution in [-0.4, -0.2) is 57.4 Å². The molecule has 150 valence electrons. The maximum atomic E-state index is 12.3. The van der Waals surface area contributed by atoms with Gasteiger partial charge in [-0.3, -0.25) is 9.69 Å². The molecule has 2 aromatic rings. The molecule has 0 N–H and O–H groups in total. The molecule has 2 aromatic heterocycles. The summed E-state index contributed by atoms with van der Waals surface area (Å²) in [6.45, 7) is 9.60. The fourth-order valence-electron chi connectivity index (χ4n) is 4.02. The third-order valence-electron chi connectivity index (χ3n) is 5.77. The van der Waals surface area contributed by atoms with Crippen LogP contribution in [0.3, 0.4) is 0 Å². The Labute approximate surface area is 166 Å². The molecule has 28 heavy (non-hydrogen) atoms. The molecule has 0 aromatic carbocycles. The monoisotopic (exact) mass is 382 g/mol. The SMILES string of the molecule is CC(C)c1nccc(N2CCN(CCn3nc4c(cc3=O)CCCC4)CC2)n1. The molecule has 1 aliphatic heterocycles. The Morgan fingerprint density at radius 2 is 1.86 bits per heavy atom. The van der Waals surface area contributed by atoms with Crippen LogP contribution in [0.1, 0.15) is 49.7 Å². The van der Waals surface area contributed by atoms with Gasteiger partial charge in [0, 0.05) is 50.9 Å². The second-order valence-corrected chi connectivity index (χ2v) is 8.14. The third-order valence-corrected chi connectivity index (χ3v) is 5.77. The van der Waals surface area contributed by atoms with Crippen molar-refractivity contribution in [2.45, 2.75) is 52.0 Å². The van der Waals surface area contributed by atoms with Gasteiger partial charge in [-0.25, -0.2) is 14.6 Å². The van der Waals surface area contributed by atoms with Gasteiger partial charge in [0.15, 0.2) is 0 Å². The second kappa shape index (κ2) is 8.39. The molecule has 0 unspecified atom stereocenters. The van der Waals surface area contributed by atoms with Crippen LogP contribution in [0.25, 0.3) is 0 Å². The van der Waals surface area contributed by atoms with Gasteiger partial charge in [-0.05, 0) is 37.3 Å². The first-order valence-corrected chi connectivity index (χ1v) is 10.5. The molecule has 0 saturated carbocycles. The molecule has 1 aliphatic carbocycles. The summed E-state index contributed by atoms with van der Waals surface area (Å²) in [4.78, 5) is 26.2. The number of nitrogens with zero attached hydrogens (tertiary/aromatic N) is 6. The smallest absolute Gasteiger partial charge is 0.267 e. The summed E-state index contributed by atoms with van der Waals surface area (Å²) in [7, 11) is 0. The molecule has 7 nitrogen and oxygen atoms in total. The molecule has 1 saturated heterocycles. The van der Waals surface area contributed by atoms with Crippen LogP contribution in [0.5, 0.6) is 0 Å². The summed E-state index contributed by atoms with van der Waals surface area (Å²) in [5.41, 5.74) is 2.33. The fraction of sp³-hybridized carbons (Fsp3) is 0.619. The van der Waals surface area contributed by atoms with Crippen LogP contribution in [0.15, 0.2) is 23.1 Å². The number of aromatic nitrogens is 4. The standard InChI is InChI=1S/C21H30N6O/c1-16(2)21-22-8-7-19(23-21)26-12-9-25(10-13-26)11-14-27-20(28)15-17-5-3-4-6-18(17)24-27/h7-8,15-16H,3-6,9-14H2,1-2H3. The lowest BCUT2D eigenvalue weighted by Crippen LogP contribution is -2.48. The van der Waals surface area contributed by atoms with Gasteiger partial charge in [0.05, 0.1) is 12.2 Å². The van der Waals surface area contributed by atoms with E-state index < -0.39 is 0 Å². The van der Waals surface area contributed by atoms with Crippen LogP contribution in [0.4, 0.5) is 5.82 Å². The minimum Gasteiger partial charge on any atom is -0.354 e. The van der Waals surface area contributed by atoms with Crippen molar-refractivity contribution in [3.05, 3.63) is 45.8 Å². The van der Waals surface area contributed by atoms with Crippen molar-refractivity contribution < 1.29 is 0 Å². The van der Waals surface area contributed by atoms with Crippen molar-refractivity contribution in [3.63, 3.8) is 0 Å². The molecule has 3 heterocycles. The number of fused-ring (bicyclic) bond motifs is 1. The first-order valence-electron chi connectivity index (χ1n) is 10.5. The maximum Gasteiger partial charge on any atom is 0.267 e. The predicted octanol–water partition coefficient (Wildman–Crippen LogP) is 1.86. The molecule has 0 atom stereocenters. The van der Waals surface area contributed by atoms with Crippen LogP contribution >= 0.6 is 0 Å². The Morgan fingerprint density at radius 3 is 2.64 bits per heavy atom. The number of anilines is 1. The van der Waals surface area contributed by atoms with Crippen molar-refractivity contribution in [1.29, 1.82) is 0 Å². The summed E-state index contributed by atoms with van der Waals surface area (Å²) in [6, 6.07) is 3.80. The lowest BCUT2D eigenvalue weighted by molar-refractivity contribution is 0.241. The normalized spacial score (nSPS) is 17.8. The summed E-state index contributed by atoms with van der Waals surface area (Å²) in [6.07, 6.45) is 6.22. The highest BCUT2D eigenvalue weighted by Gasteiger charge is 2.19. The zero-order valence-corrected chi connectivity index (χ0v) is 17.0. The van der Waals surface area contributed by atoms with Crippen molar-refractivity contribution >= 4 is 5.82 Å². The highest BCUT2D eigenvalue weighted by molar-refractivity contribution is 5.38. The quantitative estimate of drug-likeness (QED) is 0.786. The second-order valence-electron chi connectivity index (χ2n) is 8.14. The topological polar surface area (TPSA) is 67.2 Å². The molecule has 2 aliphatic rings. The zero-order valence-electron chi connectivity index (χ0n) is 17.0. The van der Waals surface area contributed by atoms with Crippen molar-refractivity contribution in [2.75, 3.05) is 37.6 Å². The molecule has 1 fully saturated rings. The molecule has 0 amide bonds. The number of piperazine rings is 1. The molecule has 7 heteroatoms. The van der Waals surface area contributed by atoms with Gasteiger partial charge in [0.1, 0.15) is 11.6 Å².